The molecule has 7 nitrogen and oxygen atoms in total. The van der Waals surface area contributed by atoms with Gasteiger partial charge in [-0.25, -0.2) is 8.42 Å². The number of thioether (sulfide) groups is 1. The molecule has 162 valence electrons. The van der Waals surface area contributed by atoms with E-state index < -0.39 is 9.84 Å². The fraction of sp³-hybridized carbons (Fsp3) is 0.550. The molecule has 1 saturated carbocycles. The van der Waals surface area contributed by atoms with Gasteiger partial charge in [-0.3, -0.25) is 4.79 Å². The van der Waals surface area contributed by atoms with Crippen molar-refractivity contribution >= 4 is 44.0 Å². The molecule has 10 heteroatoms. The molecule has 4 rings (SSSR count). The van der Waals surface area contributed by atoms with E-state index in [4.69, 9.17) is 0 Å². The van der Waals surface area contributed by atoms with E-state index in [1.54, 1.807) is 0 Å². The molecule has 0 spiro atoms. The third kappa shape index (κ3) is 5.53. The molecule has 30 heavy (non-hydrogen) atoms. The van der Waals surface area contributed by atoms with Crippen LogP contribution in [0.4, 0.5) is 5.13 Å². The van der Waals surface area contributed by atoms with Crippen molar-refractivity contribution in [3.63, 3.8) is 0 Å². The molecule has 1 aromatic heterocycles. The molecule has 0 unspecified atom stereocenters. The van der Waals surface area contributed by atoms with Crippen molar-refractivity contribution in [3.05, 3.63) is 35.9 Å². The Morgan fingerprint density at radius 3 is 2.60 bits per heavy atom. The highest BCUT2D eigenvalue weighted by Crippen LogP contribution is 2.31. The van der Waals surface area contributed by atoms with Crippen LogP contribution in [0.25, 0.3) is 0 Å². The zero-order valence-electron chi connectivity index (χ0n) is 16.7. The van der Waals surface area contributed by atoms with Crippen molar-refractivity contribution < 1.29 is 13.2 Å². The fourth-order valence-corrected chi connectivity index (χ4v) is 7.52. The van der Waals surface area contributed by atoms with Crippen molar-refractivity contribution in [2.45, 2.75) is 55.1 Å². The molecule has 1 aliphatic carbocycles. The number of hydrogen-bond donors (Lipinski definition) is 1. The Kier molecular flexibility index (Phi) is 6.94. The Labute approximate surface area is 185 Å². The summed E-state index contributed by atoms with van der Waals surface area (Å²) in [6.45, 7) is 0.671. The van der Waals surface area contributed by atoms with E-state index in [1.807, 2.05) is 35.2 Å². The summed E-state index contributed by atoms with van der Waals surface area (Å²) in [5.74, 6) is 0.573. The van der Waals surface area contributed by atoms with Crippen LogP contribution in [0.2, 0.25) is 0 Å². The molecule has 2 aliphatic rings. The van der Waals surface area contributed by atoms with E-state index in [0.29, 0.717) is 13.0 Å². The van der Waals surface area contributed by atoms with Crippen LogP contribution in [0, 0.1) is 0 Å². The van der Waals surface area contributed by atoms with E-state index in [2.05, 4.69) is 15.5 Å². The van der Waals surface area contributed by atoms with Crippen LogP contribution in [0.1, 0.15) is 37.7 Å². The molecule has 0 bridgehead atoms. The predicted molar refractivity (Wildman–Crippen MR) is 121 cm³/mol. The van der Waals surface area contributed by atoms with Gasteiger partial charge in [-0.2, -0.15) is 0 Å². The van der Waals surface area contributed by atoms with Crippen LogP contribution in [0.3, 0.4) is 0 Å². The second-order valence-electron chi connectivity index (χ2n) is 7.80. The van der Waals surface area contributed by atoms with Gasteiger partial charge in [-0.15, -0.1) is 10.2 Å². The molecule has 2 heterocycles. The number of aromatic nitrogens is 2. The van der Waals surface area contributed by atoms with Crippen molar-refractivity contribution in [1.82, 2.24) is 15.1 Å². The first-order valence-electron chi connectivity index (χ1n) is 10.3. The van der Waals surface area contributed by atoms with Gasteiger partial charge in [-0.05, 0) is 24.8 Å². The van der Waals surface area contributed by atoms with Crippen molar-refractivity contribution in [3.8, 4) is 0 Å². The molecule has 1 saturated heterocycles. The molecular formula is C20H26N4O3S3. The van der Waals surface area contributed by atoms with Crippen molar-refractivity contribution in [1.29, 1.82) is 0 Å². The Morgan fingerprint density at radius 2 is 1.90 bits per heavy atom. The zero-order valence-corrected chi connectivity index (χ0v) is 19.1. The minimum atomic E-state index is -3.03. The van der Waals surface area contributed by atoms with E-state index in [0.717, 1.165) is 40.7 Å². The molecule has 1 N–H and O–H groups in total. The average Bonchev–Trinajstić information content (AvgIpc) is 3.48. The minimum absolute atomic E-state index is 0.0167. The van der Waals surface area contributed by atoms with Crippen LogP contribution in [0.15, 0.2) is 34.7 Å². The lowest BCUT2D eigenvalue weighted by Crippen LogP contribution is -2.47. The maximum absolute atomic E-state index is 13.1. The first kappa shape index (κ1) is 21.6. The van der Waals surface area contributed by atoms with Gasteiger partial charge in [0.1, 0.15) is 0 Å². The highest BCUT2D eigenvalue weighted by molar-refractivity contribution is 8.01. The number of amides is 1. The number of anilines is 1. The third-order valence-electron chi connectivity index (χ3n) is 5.62. The summed E-state index contributed by atoms with van der Waals surface area (Å²) >= 11 is 2.81. The first-order valence-corrected chi connectivity index (χ1v) is 13.9. The SMILES string of the molecule is O=C(CSc1nnc(NCc2ccccc2)s1)N(C1CCCC1)[C@H]1CCS(=O)(=O)C1. The zero-order chi connectivity index (χ0) is 21.0. The summed E-state index contributed by atoms with van der Waals surface area (Å²) in [5, 5.41) is 12.3. The van der Waals surface area contributed by atoms with Gasteiger partial charge < -0.3 is 10.2 Å². The Hall–Kier alpha value is -1.65. The van der Waals surface area contributed by atoms with E-state index in [9.17, 15) is 13.2 Å². The lowest BCUT2D eigenvalue weighted by atomic mass is 10.1. The van der Waals surface area contributed by atoms with Gasteiger partial charge in [0.2, 0.25) is 11.0 Å². The summed E-state index contributed by atoms with van der Waals surface area (Å²) < 4.78 is 24.7. The number of benzene rings is 1. The Morgan fingerprint density at radius 1 is 1.13 bits per heavy atom. The summed E-state index contributed by atoms with van der Waals surface area (Å²) in [6, 6.07) is 10.1. The second-order valence-corrected chi connectivity index (χ2v) is 12.2. The van der Waals surface area contributed by atoms with Gasteiger partial charge in [0.05, 0.1) is 17.3 Å². The minimum Gasteiger partial charge on any atom is -0.356 e. The fourth-order valence-electron chi connectivity index (χ4n) is 4.19. The maximum atomic E-state index is 13.1. The molecule has 2 aromatic rings. The van der Waals surface area contributed by atoms with Crippen LogP contribution in [0.5, 0.6) is 0 Å². The molecule has 1 aliphatic heterocycles. The van der Waals surface area contributed by atoms with Crippen LogP contribution >= 0.6 is 23.1 Å². The quantitative estimate of drug-likeness (QED) is 0.597. The standard InChI is InChI=1S/C20H26N4O3S3/c25-18(24(16-8-4-5-9-16)17-10-11-30(26,27)14-17)13-28-20-23-22-19(29-20)21-12-15-6-2-1-3-7-15/h1-3,6-7,16-17H,4-5,8-14H2,(H,21,22)/t17-/m0/s1. The summed E-state index contributed by atoms with van der Waals surface area (Å²) in [4.78, 5) is 15.0. The first-order chi connectivity index (χ1) is 14.5. The van der Waals surface area contributed by atoms with Gasteiger partial charge in [0.25, 0.3) is 0 Å². The molecule has 1 atom stereocenters. The molecule has 2 fully saturated rings. The van der Waals surface area contributed by atoms with Gasteiger partial charge in [0, 0.05) is 18.6 Å². The number of carbonyl (C=O) groups is 1. The summed E-state index contributed by atoms with van der Waals surface area (Å²) in [5.41, 5.74) is 1.16. The van der Waals surface area contributed by atoms with E-state index in [-0.39, 0.29) is 35.2 Å². The average molecular weight is 467 g/mol. The van der Waals surface area contributed by atoms with Gasteiger partial charge in [0.15, 0.2) is 14.2 Å². The molecule has 1 aromatic carbocycles. The number of nitrogens with one attached hydrogen (secondary N) is 1. The van der Waals surface area contributed by atoms with Crippen LogP contribution in [-0.2, 0) is 21.2 Å². The van der Waals surface area contributed by atoms with Crippen molar-refractivity contribution in [2.75, 3.05) is 22.6 Å². The maximum Gasteiger partial charge on any atom is 0.233 e. The smallest absolute Gasteiger partial charge is 0.233 e. The highest BCUT2D eigenvalue weighted by Gasteiger charge is 2.38. The lowest BCUT2D eigenvalue weighted by Gasteiger charge is -2.34. The van der Waals surface area contributed by atoms with Gasteiger partial charge in [-0.1, -0.05) is 66.3 Å². The normalized spacial score (nSPS) is 21.0. The topological polar surface area (TPSA) is 92.3 Å². The van der Waals surface area contributed by atoms with Crippen LogP contribution < -0.4 is 5.32 Å². The molecule has 1 amide bonds. The Bertz CT molecular complexity index is 959. The largest absolute Gasteiger partial charge is 0.356 e. The molecular weight excluding hydrogens is 440 g/mol. The molecule has 0 radical (unpaired) electrons. The number of carbonyl (C=O) groups excluding carboxylic acids is 1. The number of hydrogen-bond acceptors (Lipinski definition) is 8. The second kappa shape index (κ2) is 9.65. The third-order valence-corrected chi connectivity index (χ3v) is 9.37. The lowest BCUT2D eigenvalue weighted by molar-refractivity contribution is -0.132. The predicted octanol–water partition coefficient (Wildman–Crippen LogP) is 3.20. The highest BCUT2D eigenvalue weighted by atomic mass is 32.2. The van der Waals surface area contributed by atoms with Crippen molar-refractivity contribution in [2.24, 2.45) is 0 Å². The number of sulfone groups is 1. The summed E-state index contributed by atoms with van der Waals surface area (Å²) in [6.07, 6.45) is 4.71. The number of rotatable bonds is 8. The van der Waals surface area contributed by atoms with Gasteiger partial charge >= 0.3 is 0 Å². The Balaban J connectivity index is 1.33. The van der Waals surface area contributed by atoms with E-state index in [1.165, 1.54) is 23.1 Å². The van der Waals surface area contributed by atoms with Crippen LogP contribution in [-0.4, -0.2) is 58.8 Å². The van der Waals surface area contributed by atoms with E-state index >= 15 is 0 Å². The monoisotopic (exact) mass is 466 g/mol. The summed E-state index contributed by atoms with van der Waals surface area (Å²) in [7, 11) is -3.03. The number of nitrogens with zero attached hydrogens (tertiary/aromatic N) is 3.